The molecule has 8 heteroatoms. The van der Waals surface area contributed by atoms with Crippen LogP contribution in [0.2, 0.25) is 0 Å². The number of hydrogen-bond acceptors (Lipinski definition) is 5. The van der Waals surface area contributed by atoms with E-state index in [9.17, 15) is 12.8 Å². The molecule has 6 nitrogen and oxygen atoms in total. The Morgan fingerprint density at radius 1 is 1.29 bits per heavy atom. The molecule has 1 N–H and O–H groups in total. The molecular formula is C16H19FN4O2S. The molecule has 0 aliphatic carbocycles. The molecule has 1 aliphatic rings. The highest BCUT2D eigenvalue weighted by Crippen LogP contribution is 2.36. The molecule has 128 valence electrons. The summed E-state index contributed by atoms with van der Waals surface area (Å²) in [6.07, 6.45) is 1.41. The van der Waals surface area contributed by atoms with E-state index in [2.05, 4.69) is 15.3 Å². The highest BCUT2D eigenvalue weighted by molar-refractivity contribution is 7.89. The summed E-state index contributed by atoms with van der Waals surface area (Å²) in [5.74, 6) is 0.654. The van der Waals surface area contributed by atoms with Crippen LogP contribution >= 0.6 is 0 Å². The maximum absolute atomic E-state index is 13.4. The zero-order chi connectivity index (χ0) is 17.3. The zero-order valence-electron chi connectivity index (χ0n) is 13.5. The first-order chi connectivity index (χ1) is 11.4. The first-order valence-electron chi connectivity index (χ1n) is 7.72. The Morgan fingerprint density at radius 2 is 2.08 bits per heavy atom. The van der Waals surface area contributed by atoms with Crippen LogP contribution in [0.4, 0.5) is 10.2 Å². The summed E-state index contributed by atoms with van der Waals surface area (Å²) >= 11 is 0. The van der Waals surface area contributed by atoms with Crippen molar-refractivity contribution in [1.29, 1.82) is 0 Å². The number of nitrogens with zero attached hydrogens (tertiary/aromatic N) is 3. The molecule has 3 rings (SSSR count). The van der Waals surface area contributed by atoms with Gasteiger partial charge in [0.2, 0.25) is 10.0 Å². The molecule has 0 spiro atoms. The second-order valence-corrected chi connectivity index (χ2v) is 7.60. The predicted octanol–water partition coefficient (Wildman–Crippen LogP) is 2.49. The van der Waals surface area contributed by atoms with Gasteiger partial charge in [0.15, 0.2) is 0 Å². The van der Waals surface area contributed by atoms with Crippen LogP contribution in [0.1, 0.15) is 30.4 Å². The van der Waals surface area contributed by atoms with Crippen LogP contribution in [-0.4, -0.2) is 36.3 Å². The monoisotopic (exact) mass is 350 g/mol. The molecular weight excluding hydrogens is 331 g/mol. The number of sulfonamides is 1. The van der Waals surface area contributed by atoms with Crippen molar-refractivity contribution in [3.8, 4) is 0 Å². The number of rotatable bonds is 4. The highest BCUT2D eigenvalue weighted by Gasteiger charge is 2.37. The molecule has 1 aliphatic heterocycles. The van der Waals surface area contributed by atoms with Crippen LogP contribution in [0.15, 0.2) is 35.2 Å². The third kappa shape index (κ3) is 3.11. The van der Waals surface area contributed by atoms with Gasteiger partial charge in [-0.2, -0.15) is 4.31 Å². The molecule has 24 heavy (non-hydrogen) atoms. The number of nitrogens with one attached hydrogen (secondary N) is 1. The van der Waals surface area contributed by atoms with Crippen molar-refractivity contribution in [1.82, 2.24) is 14.3 Å². The minimum Gasteiger partial charge on any atom is -0.373 e. The van der Waals surface area contributed by atoms with Crippen LogP contribution in [0.5, 0.6) is 0 Å². The molecule has 2 heterocycles. The number of anilines is 1. The van der Waals surface area contributed by atoms with E-state index < -0.39 is 15.8 Å². The van der Waals surface area contributed by atoms with Crippen LogP contribution in [0.3, 0.4) is 0 Å². The number of halogens is 1. The summed E-state index contributed by atoms with van der Waals surface area (Å²) in [4.78, 5) is 8.62. The van der Waals surface area contributed by atoms with E-state index in [1.165, 1.54) is 22.5 Å². The summed E-state index contributed by atoms with van der Waals surface area (Å²) in [6, 6.07) is 6.49. The van der Waals surface area contributed by atoms with Gasteiger partial charge in [-0.05, 0) is 38.0 Å². The van der Waals surface area contributed by atoms with Crippen LogP contribution in [0.25, 0.3) is 0 Å². The van der Waals surface area contributed by atoms with Crippen molar-refractivity contribution >= 4 is 15.8 Å². The van der Waals surface area contributed by atoms with Gasteiger partial charge in [0, 0.05) is 19.7 Å². The van der Waals surface area contributed by atoms with E-state index in [1.807, 2.05) is 0 Å². The predicted molar refractivity (Wildman–Crippen MR) is 88.6 cm³/mol. The Morgan fingerprint density at radius 3 is 2.79 bits per heavy atom. The number of hydrogen-bond donors (Lipinski definition) is 1. The van der Waals surface area contributed by atoms with E-state index >= 15 is 0 Å². The molecule has 1 atom stereocenters. The normalized spacial score (nSPS) is 18.7. The van der Waals surface area contributed by atoms with E-state index in [0.29, 0.717) is 30.3 Å². The lowest BCUT2D eigenvalue weighted by Crippen LogP contribution is -2.31. The van der Waals surface area contributed by atoms with Gasteiger partial charge >= 0.3 is 0 Å². The fraction of sp³-hybridized carbons (Fsp3) is 0.375. The smallest absolute Gasteiger partial charge is 0.243 e. The average molecular weight is 350 g/mol. The largest absolute Gasteiger partial charge is 0.373 e. The van der Waals surface area contributed by atoms with Crippen molar-refractivity contribution in [3.05, 3.63) is 47.7 Å². The Bertz CT molecular complexity index is 857. The first-order valence-corrected chi connectivity index (χ1v) is 9.16. The molecule has 1 fully saturated rings. The van der Waals surface area contributed by atoms with Crippen molar-refractivity contribution in [3.63, 3.8) is 0 Å². The Balaban J connectivity index is 2.00. The molecule has 2 aromatic rings. The van der Waals surface area contributed by atoms with Crippen molar-refractivity contribution in [2.75, 3.05) is 18.9 Å². The van der Waals surface area contributed by atoms with Gasteiger partial charge in [-0.25, -0.2) is 22.8 Å². The minimum absolute atomic E-state index is 0.0333. The van der Waals surface area contributed by atoms with Gasteiger partial charge < -0.3 is 5.32 Å². The van der Waals surface area contributed by atoms with Crippen LogP contribution < -0.4 is 5.32 Å². The molecule has 0 amide bonds. The van der Waals surface area contributed by atoms with E-state index in [0.717, 1.165) is 12.5 Å². The van der Waals surface area contributed by atoms with E-state index in [4.69, 9.17) is 0 Å². The molecule has 1 aromatic carbocycles. The summed E-state index contributed by atoms with van der Waals surface area (Å²) in [5.41, 5.74) is 0.657. The third-order valence-corrected chi connectivity index (χ3v) is 5.97. The van der Waals surface area contributed by atoms with Gasteiger partial charge in [0.25, 0.3) is 0 Å². The average Bonchev–Trinajstić information content (AvgIpc) is 3.04. The Kier molecular flexibility index (Phi) is 4.51. The Labute approximate surface area is 140 Å². The number of aromatic nitrogens is 2. The lowest BCUT2D eigenvalue weighted by Gasteiger charge is -2.24. The summed E-state index contributed by atoms with van der Waals surface area (Å²) in [7, 11) is -2.03. The lowest BCUT2D eigenvalue weighted by atomic mass is 10.1. The molecule has 0 saturated carbocycles. The summed E-state index contributed by atoms with van der Waals surface area (Å²) in [6.45, 7) is 2.16. The van der Waals surface area contributed by atoms with Gasteiger partial charge in [-0.3, -0.25) is 0 Å². The van der Waals surface area contributed by atoms with Gasteiger partial charge in [-0.15, -0.1) is 0 Å². The third-order valence-electron chi connectivity index (χ3n) is 4.06. The van der Waals surface area contributed by atoms with Crippen LogP contribution in [0, 0.1) is 12.7 Å². The Hall–Kier alpha value is -2.06. The summed E-state index contributed by atoms with van der Waals surface area (Å²) in [5, 5.41) is 2.96. The van der Waals surface area contributed by atoms with E-state index in [-0.39, 0.29) is 10.9 Å². The van der Waals surface area contributed by atoms with Crippen molar-refractivity contribution in [2.45, 2.75) is 30.7 Å². The second-order valence-electron chi connectivity index (χ2n) is 5.71. The highest BCUT2D eigenvalue weighted by atomic mass is 32.2. The molecule has 0 radical (unpaired) electrons. The van der Waals surface area contributed by atoms with Gasteiger partial charge in [0.1, 0.15) is 17.5 Å². The maximum atomic E-state index is 13.4. The molecule has 1 unspecified atom stereocenters. The lowest BCUT2D eigenvalue weighted by molar-refractivity contribution is 0.389. The van der Waals surface area contributed by atoms with Crippen molar-refractivity contribution in [2.24, 2.45) is 0 Å². The van der Waals surface area contributed by atoms with Crippen molar-refractivity contribution < 1.29 is 12.8 Å². The molecule has 0 bridgehead atoms. The maximum Gasteiger partial charge on any atom is 0.243 e. The van der Waals surface area contributed by atoms with Gasteiger partial charge in [-0.1, -0.05) is 6.07 Å². The first kappa shape index (κ1) is 16.8. The van der Waals surface area contributed by atoms with Gasteiger partial charge in [0.05, 0.1) is 16.6 Å². The number of benzene rings is 1. The summed E-state index contributed by atoms with van der Waals surface area (Å²) < 4.78 is 40.7. The zero-order valence-corrected chi connectivity index (χ0v) is 14.3. The standard InChI is InChI=1S/C16H19FN4O2S/c1-11-19-14(10-16(18-2)20-11)15-7-4-8-21(15)24(22,23)13-6-3-5-12(17)9-13/h3,5-6,9-10,15H,4,7-8H2,1-2H3,(H,18,19,20). The second kappa shape index (κ2) is 6.45. The SMILES string of the molecule is CNc1cc(C2CCCN2S(=O)(=O)c2cccc(F)c2)nc(C)n1. The molecule has 1 aromatic heterocycles. The topological polar surface area (TPSA) is 75.2 Å². The minimum atomic E-state index is -3.78. The fourth-order valence-corrected chi connectivity index (χ4v) is 4.68. The quantitative estimate of drug-likeness (QED) is 0.917. The number of aryl methyl sites for hydroxylation is 1. The van der Waals surface area contributed by atoms with E-state index in [1.54, 1.807) is 20.0 Å². The fourth-order valence-electron chi connectivity index (χ4n) is 2.98. The molecule has 1 saturated heterocycles. The van der Waals surface area contributed by atoms with Crippen LogP contribution in [-0.2, 0) is 10.0 Å².